The Morgan fingerprint density at radius 2 is 1.68 bits per heavy atom. The van der Waals surface area contributed by atoms with Crippen molar-refractivity contribution in [1.82, 2.24) is 10.2 Å². The molecule has 0 aromatic heterocycles. The van der Waals surface area contributed by atoms with Crippen molar-refractivity contribution in [3.05, 3.63) is 94.5 Å². The molecule has 8 nitrogen and oxygen atoms in total. The highest BCUT2D eigenvalue weighted by Crippen LogP contribution is 2.20. The Morgan fingerprint density at radius 1 is 0.974 bits per heavy atom. The SMILES string of the molecule is Nc1ccccc1NC(=O)/C=C/c1ccc(C(NCCN2CCOCC2)C(=O)Nc2ccc(Br)cc2)cc1. The van der Waals surface area contributed by atoms with Gasteiger partial charge in [0.15, 0.2) is 0 Å². The molecule has 3 aromatic carbocycles. The fourth-order valence-corrected chi connectivity index (χ4v) is 4.32. The number of para-hydroxylation sites is 2. The second-order valence-electron chi connectivity index (χ2n) is 8.91. The number of benzene rings is 3. The maximum atomic E-state index is 13.3. The molecule has 1 aliphatic rings. The summed E-state index contributed by atoms with van der Waals surface area (Å²) in [6.45, 7) is 4.74. The first-order valence-corrected chi connectivity index (χ1v) is 13.3. The molecule has 38 heavy (non-hydrogen) atoms. The second-order valence-corrected chi connectivity index (χ2v) is 9.83. The first-order chi connectivity index (χ1) is 18.5. The number of amides is 2. The number of nitrogens with one attached hydrogen (secondary N) is 3. The molecule has 3 aromatic rings. The summed E-state index contributed by atoms with van der Waals surface area (Å²) in [5.74, 6) is -0.416. The van der Waals surface area contributed by atoms with Gasteiger partial charge in [-0.15, -0.1) is 0 Å². The molecule has 1 saturated heterocycles. The fourth-order valence-electron chi connectivity index (χ4n) is 4.06. The molecule has 0 bridgehead atoms. The normalized spacial score (nSPS) is 14.8. The minimum atomic E-state index is -0.540. The zero-order valence-corrected chi connectivity index (χ0v) is 22.6. The topological polar surface area (TPSA) is 109 Å². The van der Waals surface area contributed by atoms with Crippen LogP contribution >= 0.6 is 15.9 Å². The fraction of sp³-hybridized carbons (Fsp3) is 0.241. The van der Waals surface area contributed by atoms with Gasteiger partial charge in [-0.05, 0) is 53.6 Å². The van der Waals surface area contributed by atoms with Crippen molar-refractivity contribution in [3.8, 4) is 0 Å². The number of rotatable bonds is 10. The second kappa shape index (κ2) is 13.9. The average molecular weight is 579 g/mol. The monoisotopic (exact) mass is 577 g/mol. The van der Waals surface area contributed by atoms with Crippen molar-refractivity contribution in [2.24, 2.45) is 0 Å². The van der Waals surface area contributed by atoms with Crippen LogP contribution in [0, 0.1) is 0 Å². The maximum absolute atomic E-state index is 13.3. The minimum absolute atomic E-state index is 0.141. The van der Waals surface area contributed by atoms with E-state index in [9.17, 15) is 9.59 Å². The van der Waals surface area contributed by atoms with Crippen LogP contribution in [0.5, 0.6) is 0 Å². The van der Waals surface area contributed by atoms with Gasteiger partial charge in [0.1, 0.15) is 6.04 Å². The van der Waals surface area contributed by atoms with Crippen molar-refractivity contribution >= 4 is 50.9 Å². The average Bonchev–Trinajstić information content (AvgIpc) is 2.93. The summed E-state index contributed by atoms with van der Waals surface area (Å²) in [6, 6.07) is 21.6. The molecule has 0 aliphatic carbocycles. The number of nitrogens with two attached hydrogens (primary N) is 1. The lowest BCUT2D eigenvalue weighted by Crippen LogP contribution is -2.42. The quantitative estimate of drug-likeness (QED) is 0.211. The van der Waals surface area contributed by atoms with E-state index in [2.05, 4.69) is 36.8 Å². The number of nitrogens with zero attached hydrogens (tertiary/aromatic N) is 1. The van der Waals surface area contributed by atoms with Gasteiger partial charge in [-0.25, -0.2) is 0 Å². The summed E-state index contributed by atoms with van der Waals surface area (Å²) in [5, 5.41) is 9.20. The minimum Gasteiger partial charge on any atom is -0.397 e. The van der Waals surface area contributed by atoms with Crippen molar-refractivity contribution < 1.29 is 14.3 Å². The molecule has 1 unspecified atom stereocenters. The van der Waals surface area contributed by atoms with Crippen LogP contribution < -0.4 is 21.7 Å². The lowest BCUT2D eigenvalue weighted by Gasteiger charge is -2.27. The lowest BCUT2D eigenvalue weighted by molar-refractivity contribution is -0.118. The molecule has 4 rings (SSSR count). The van der Waals surface area contributed by atoms with E-state index in [-0.39, 0.29) is 11.8 Å². The Morgan fingerprint density at radius 3 is 2.39 bits per heavy atom. The number of morpholine rings is 1. The number of anilines is 3. The van der Waals surface area contributed by atoms with E-state index in [0.717, 1.165) is 54.1 Å². The van der Waals surface area contributed by atoms with Crippen LogP contribution in [0.3, 0.4) is 0 Å². The smallest absolute Gasteiger partial charge is 0.248 e. The van der Waals surface area contributed by atoms with E-state index < -0.39 is 6.04 Å². The Labute approximate surface area is 231 Å². The molecule has 2 amide bonds. The summed E-state index contributed by atoms with van der Waals surface area (Å²) in [6.07, 6.45) is 3.18. The molecule has 1 heterocycles. The van der Waals surface area contributed by atoms with Crippen LogP contribution in [-0.2, 0) is 14.3 Å². The van der Waals surface area contributed by atoms with Crippen LogP contribution in [0.2, 0.25) is 0 Å². The standard InChI is InChI=1S/C29H32BrN5O3/c30-23-10-12-24(13-11-23)33-29(37)28(32-15-16-35-17-19-38-20-18-35)22-8-5-21(6-9-22)7-14-27(36)34-26-4-2-1-3-25(26)31/h1-14,28,32H,15-20,31H2,(H,33,37)(H,34,36)/b14-7+. The number of ether oxygens (including phenoxy) is 1. The molecule has 1 atom stereocenters. The van der Waals surface area contributed by atoms with Gasteiger partial charge in [0.05, 0.1) is 24.6 Å². The molecule has 9 heteroatoms. The number of nitrogen functional groups attached to an aromatic ring is 1. The van der Waals surface area contributed by atoms with Crippen LogP contribution in [0.25, 0.3) is 6.08 Å². The molecular weight excluding hydrogens is 546 g/mol. The summed E-state index contributed by atoms with van der Waals surface area (Å²) in [4.78, 5) is 27.9. The number of carbonyl (C=O) groups is 2. The van der Waals surface area contributed by atoms with Gasteiger partial charge in [0.25, 0.3) is 0 Å². The highest BCUT2D eigenvalue weighted by molar-refractivity contribution is 9.10. The third-order valence-corrected chi connectivity index (χ3v) is 6.70. The molecule has 0 radical (unpaired) electrons. The third kappa shape index (κ3) is 8.26. The highest BCUT2D eigenvalue weighted by atomic mass is 79.9. The summed E-state index contributed by atoms with van der Waals surface area (Å²) in [5.41, 5.74) is 9.36. The van der Waals surface area contributed by atoms with Crippen LogP contribution in [0.4, 0.5) is 17.1 Å². The number of carbonyl (C=O) groups excluding carboxylic acids is 2. The first-order valence-electron chi connectivity index (χ1n) is 12.5. The molecule has 1 fully saturated rings. The molecule has 5 N–H and O–H groups in total. The summed E-state index contributed by atoms with van der Waals surface area (Å²) >= 11 is 3.42. The van der Waals surface area contributed by atoms with E-state index in [1.807, 2.05) is 60.7 Å². The molecule has 198 valence electrons. The van der Waals surface area contributed by atoms with E-state index in [4.69, 9.17) is 10.5 Å². The molecular formula is C29H32BrN5O3. The molecule has 0 saturated carbocycles. The Balaban J connectivity index is 1.41. The summed E-state index contributed by atoms with van der Waals surface area (Å²) < 4.78 is 6.37. The predicted octanol–water partition coefficient (Wildman–Crippen LogP) is 4.28. The van der Waals surface area contributed by atoms with Crippen molar-refractivity contribution in [2.75, 3.05) is 55.8 Å². The van der Waals surface area contributed by atoms with Crippen LogP contribution in [0.1, 0.15) is 17.2 Å². The number of halogens is 1. The number of hydrogen-bond acceptors (Lipinski definition) is 6. The predicted molar refractivity (Wildman–Crippen MR) is 156 cm³/mol. The largest absolute Gasteiger partial charge is 0.397 e. The van der Waals surface area contributed by atoms with E-state index in [1.54, 1.807) is 18.2 Å². The van der Waals surface area contributed by atoms with Crippen LogP contribution in [0.15, 0.2) is 83.3 Å². The Kier molecular flexibility index (Phi) is 10.1. The highest BCUT2D eigenvalue weighted by Gasteiger charge is 2.21. The Hall–Kier alpha value is -3.50. The summed E-state index contributed by atoms with van der Waals surface area (Å²) in [7, 11) is 0. The Bertz CT molecular complexity index is 1240. The molecule has 1 aliphatic heterocycles. The zero-order valence-electron chi connectivity index (χ0n) is 21.0. The van der Waals surface area contributed by atoms with Gasteiger partial charge < -0.3 is 26.4 Å². The van der Waals surface area contributed by atoms with E-state index in [0.29, 0.717) is 17.9 Å². The maximum Gasteiger partial charge on any atom is 0.248 e. The number of hydrogen-bond donors (Lipinski definition) is 4. The van der Waals surface area contributed by atoms with Gasteiger partial charge in [-0.1, -0.05) is 52.3 Å². The lowest BCUT2D eigenvalue weighted by atomic mass is 10.0. The van der Waals surface area contributed by atoms with Gasteiger partial charge in [-0.3, -0.25) is 14.5 Å². The zero-order chi connectivity index (χ0) is 26.7. The van der Waals surface area contributed by atoms with E-state index >= 15 is 0 Å². The van der Waals surface area contributed by atoms with Gasteiger partial charge >= 0.3 is 0 Å². The first kappa shape index (κ1) is 27.5. The van der Waals surface area contributed by atoms with Gasteiger partial charge in [-0.2, -0.15) is 0 Å². The van der Waals surface area contributed by atoms with Crippen molar-refractivity contribution in [3.63, 3.8) is 0 Å². The van der Waals surface area contributed by atoms with Crippen molar-refractivity contribution in [1.29, 1.82) is 0 Å². The van der Waals surface area contributed by atoms with Crippen LogP contribution in [-0.4, -0.2) is 56.1 Å². The molecule has 0 spiro atoms. The van der Waals surface area contributed by atoms with Crippen molar-refractivity contribution in [2.45, 2.75) is 6.04 Å². The third-order valence-electron chi connectivity index (χ3n) is 6.17. The van der Waals surface area contributed by atoms with Gasteiger partial charge in [0, 0.05) is 42.4 Å². The van der Waals surface area contributed by atoms with Gasteiger partial charge in [0.2, 0.25) is 11.8 Å². The van der Waals surface area contributed by atoms with E-state index in [1.165, 1.54) is 6.08 Å².